The predicted molar refractivity (Wildman–Crippen MR) is 166 cm³/mol. The van der Waals surface area contributed by atoms with Gasteiger partial charge < -0.3 is 14.5 Å². The predicted octanol–water partition coefficient (Wildman–Crippen LogP) is 6.93. The fraction of sp³-hybridized carbons (Fsp3) is 0.172. The highest BCUT2D eigenvalue weighted by molar-refractivity contribution is 14.1. The summed E-state index contributed by atoms with van der Waals surface area (Å²) in [5, 5.41) is 12.7. The molecule has 0 bridgehead atoms. The maximum absolute atomic E-state index is 13.7. The minimum Gasteiger partial charge on any atom is -0.492 e. The number of para-hydroxylation sites is 1. The Labute approximate surface area is 248 Å². The number of non-ortho nitro benzene ring substituents is 1. The first-order valence-electron chi connectivity index (χ1n) is 12.5. The number of halogens is 1. The normalized spacial score (nSPS) is 15.4. The van der Waals surface area contributed by atoms with Gasteiger partial charge in [0.25, 0.3) is 11.6 Å². The molecule has 9 nitrogen and oxygen atoms in total. The van der Waals surface area contributed by atoms with Gasteiger partial charge in [-0.05, 0) is 95.2 Å². The number of nitrogens with one attached hydrogen (secondary N) is 1. The summed E-state index contributed by atoms with van der Waals surface area (Å²) in [4.78, 5) is 34.5. The van der Waals surface area contributed by atoms with Crippen LogP contribution in [0.15, 0.2) is 76.8 Å². The van der Waals surface area contributed by atoms with Crippen molar-refractivity contribution in [2.75, 3.05) is 20.3 Å². The Morgan fingerprint density at radius 1 is 1.18 bits per heavy atom. The van der Waals surface area contributed by atoms with Gasteiger partial charge >= 0.3 is 0 Å². The van der Waals surface area contributed by atoms with Crippen molar-refractivity contribution in [1.82, 2.24) is 9.88 Å². The molecule has 0 saturated carbocycles. The quantitative estimate of drug-likeness (QED) is 0.0897. The number of rotatable bonds is 9. The van der Waals surface area contributed by atoms with Gasteiger partial charge in [-0.3, -0.25) is 19.8 Å². The van der Waals surface area contributed by atoms with Gasteiger partial charge in [-0.25, -0.2) is 4.99 Å². The van der Waals surface area contributed by atoms with Crippen molar-refractivity contribution in [3.05, 3.63) is 96.6 Å². The lowest BCUT2D eigenvalue weighted by Gasteiger charge is -2.15. The van der Waals surface area contributed by atoms with Crippen LogP contribution in [0, 0.1) is 13.7 Å². The fourth-order valence-electron chi connectivity index (χ4n) is 4.40. The largest absolute Gasteiger partial charge is 0.492 e. The van der Waals surface area contributed by atoms with Gasteiger partial charge in [0, 0.05) is 35.8 Å². The zero-order valence-corrected chi connectivity index (χ0v) is 24.7. The minimum atomic E-state index is -0.453. The Morgan fingerprint density at radius 3 is 2.67 bits per heavy atom. The average molecular weight is 669 g/mol. The number of nitro benzene ring substituents is 1. The molecular weight excluding hydrogens is 643 g/mol. The number of carbonyl (C=O) groups excluding carboxylic acids is 1. The summed E-state index contributed by atoms with van der Waals surface area (Å²) in [6.07, 6.45) is 4.42. The summed E-state index contributed by atoms with van der Waals surface area (Å²) in [7, 11) is 1.60. The van der Waals surface area contributed by atoms with E-state index in [1.807, 2.05) is 49.5 Å². The second kappa shape index (κ2) is 12.1. The number of aromatic nitrogens is 1. The first-order chi connectivity index (χ1) is 19.4. The molecule has 3 aromatic carbocycles. The van der Waals surface area contributed by atoms with Crippen LogP contribution in [0.25, 0.3) is 17.0 Å². The Balaban J connectivity index is 1.48. The highest BCUT2D eigenvalue weighted by Crippen LogP contribution is 2.38. The molecule has 1 aliphatic heterocycles. The lowest BCUT2D eigenvalue weighted by Crippen LogP contribution is -2.31. The van der Waals surface area contributed by atoms with Crippen molar-refractivity contribution in [3.63, 3.8) is 0 Å². The van der Waals surface area contributed by atoms with Crippen molar-refractivity contribution in [2.24, 2.45) is 4.99 Å². The molecular formula is C29H25IN4O5S. The number of thioether (sulfide) groups is 1. The third-order valence-electron chi connectivity index (χ3n) is 6.29. The molecule has 0 atom stereocenters. The number of carbonyl (C=O) groups is 1. The molecule has 0 aliphatic carbocycles. The van der Waals surface area contributed by atoms with E-state index in [4.69, 9.17) is 14.5 Å². The Hall–Kier alpha value is -3.84. The van der Waals surface area contributed by atoms with Crippen LogP contribution in [0.4, 0.5) is 11.4 Å². The van der Waals surface area contributed by atoms with Gasteiger partial charge in [0.2, 0.25) is 0 Å². The minimum absolute atomic E-state index is 0.0184. The Morgan fingerprint density at radius 2 is 1.95 bits per heavy atom. The van der Waals surface area contributed by atoms with Gasteiger partial charge in [-0.1, -0.05) is 18.2 Å². The number of amides is 1. The fourth-order valence-corrected chi connectivity index (χ4v) is 6.27. The first kappa shape index (κ1) is 27.7. The number of ether oxygens (including phenoxy) is 2. The summed E-state index contributed by atoms with van der Waals surface area (Å²) in [6, 6.07) is 17.8. The Kier molecular flexibility index (Phi) is 8.40. The number of aromatic amines is 1. The molecule has 5 rings (SSSR count). The molecule has 1 fully saturated rings. The number of nitrogens with zero attached hydrogens (tertiary/aromatic N) is 3. The highest BCUT2D eigenvalue weighted by Gasteiger charge is 2.33. The molecule has 1 aromatic heterocycles. The number of aliphatic imine (C=N–C) groups is 1. The number of methoxy groups -OCH3 is 1. The van der Waals surface area contributed by atoms with Gasteiger partial charge in [-0.15, -0.1) is 0 Å². The number of hydrogen-bond donors (Lipinski definition) is 1. The van der Waals surface area contributed by atoms with Crippen molar-refractivity contribution in [3.8, 4) is 11.5 Å². The standard InChI is InChI=1S/C29H25IN4O5S/c1-3-39-25-15-18(14-23(30)27(25)38-2)16-26-28(35)33(13-12-19-17-31-24-7-5-4-6-22(19)24)29(40-26)32-20-8-10-21(11-9-20)34(36)37/h4-11,14-17,31H,3,12-13H2,1-2H3/b26-16-,32-29?. The Bertz CT molecular complexity index is 1650. The summed E-state index contributed by atoms with van der Waals surface area (Å²) in [5.41, 5.74) is 3.45. The molecule has 0 unspecified atom stereocenters. The van der Waals surface area contributed by atoms with E-state index in [1.54, 1.807) is 24.1 Å². The van der Waals surface area contributed by atoms with Crippen LogP contribution in [-0.2, 0) is 11.2 Å². The van der Waals surface area contributed by atoms with E-state index in [2.05, 4.69) is 33.6 Å². The molecule has 1 saturated heterocycles. The smallest absolute Gasteiger partial charge is 0.269 e. The number of benzene rings is 3. The summed E-state index contributed by atoms with van der Waals surface area (Å²) < 4.78 is 12.1. The second-order valence-corrected chi connectivity index (χ2v) is 11.0. The highest BCUT2D eigenvalue weighted by atomic mass is 127. The molecule has 204 valence electrons. The van der Waals surface area contributed by atoms with Crippen molar-refractivity contribution in [1.29, 1.82) is 0 Å². The maximum atomic E-state index is 13.7. The van der Waals surface area contributed by atoms with E-state index in [1.165, 1.54) is 23.9 Å². The molecule has 1 aliphatic rings. The molecule has 1 N–H and O–H groups in total. The van der Waals surface area contributed by atoms with Gasteiger partial charge in [0.1, 0.15) is 0 Å². The third-order valence-corrected chi connectivity index (χ3v) is 8.09. The molecule has 0 radical (unpaired) electrons. The average Bonchev–Trinajstić information content (AvgIpc) is 3.48. The number of fused-ring (bicyclic) bond motifs is 1. The molecule has 40 heavy (non-hydrogen) atoms. The SMILES string of the molecule is CCOc1cc(/C=C2\SC(=Nc3ccc([N+](=O)[O-])cc3)N(CCc3c[nH]c4ccccc34)C2=O)cc(I)c1OC. The van der Waals surface area contributed by atoms with Crippen molar-refractivity contribution < 1.29 is 19.2 Å². The van der Waals surface area contributed by atoms with Gasteiger partial charge in [0.15, 0.2) is 16.7 Å². The number of hydrogen-bond acceptors (Lipinski definition) is 7. The summed E-state index contributed by atoms with van der Waals surface area (Å²) in [6.45, 7) is 2.80. The molecule has 0 spiro atoms. The van der Waals surface area contributed by atoms with Crippen LogP contribution < -0.4 is 9.47 Å². The monoisotopic (exact) mass is 668 g/mol. The summed E-state index contributed by atoms with van der Waals surface area (Å²) in [5.74, 6) is 1.10. The van der Waals surface area contributed by atoms with Crippen LogP contribution in [-0.4, -0.2) is 46.1 Å². The molecule has 11 heteroatoms. The zero-order valence-electron chi connectivity index (χ0n) is 21.7. The van der Waals surface area contributed by atoms with E-state index in [0.717, 1.165) is 25.6 Å². The second-order valence-electron chi connectivity index (χ2n) is 8.81. The van der Waals surface area contributed by atoms with E-state index in [9.17, 15) is 14.9 Å². The van der Waals surface area contributed by atoms with E-state index >= 15 is 0 Å². The van der Waals surface area contributed by atoms with E-state index in [0.29, 0.717) is 46.8 Å². The third kappa shape index (κ3) is 5.85. The van der Waals surface area contributed by atoms with Crippen LogP contribution in [0.1, 0.15) is 18.1 Å². The van der Waals surface area contributed by atoms with Crippen LogP contribution in [0.2, 0.25) is 0 Å². The number of nitro groups is 1. The number of H-pyrrole nitrogens is 1. The maximum Gasteiger partial charge on any atom is 0.269 e. The summed E-state index contributed by atoms with van der Waals surface area (Å²) >= 11 is 3.46. The van der Waals surface area contributed by atoms with Crippen molar-refractivity contribution in [2.45, 2.75) is 13.3 Å². The van der Waals surface area contributed by atoms with Crippen molar-refractivity contribution >= 4 is 73.8 Å². The zero-order chi connectivity index (χ0) is 28.2. The first-order valence-corrected chi connectivity index (χ1v) is 14.4. The molecule has 2 heterocycles. The van der Waals surface area contributed by atoms with Crippen LogP contribution >= 0.6 is 34.4 Å². The topological polar surface area (TPSA) is 110 Å². The van der Waals surface area contributed by atoms with Gasteiger partial charge in [0.05, 0.1) is 32.8 Å². The van der Waals surface area contributed by atoms with Crippen LogP contribution in [0.5, 0.6) is 11.5 Å². The lowest BCUT2D eigenvalue weighted by atomic mass is 10.1. The lowest BCUT2D eigenvalue weighted by molar-refractivity contribution is -0.384. The van der Waals surface area contributed by atoms with E-state index in [-0.39, 0.29) is 11.6 Å². The van der Waals surface area contributed by atoms with Gasteiger partial charge in [-0.2, -0.15) is 0 Å². The van der Waals surface area contributed by atoms with Crippen LogP contribution in [0.3, 0.4) is 0 Å². The van der Waals surface area contributed by atoms with E-state index < -0.39 is 4.92 Å². The molecule has 1 amide bonds. The number of amidine groups is 1. The molecule has 4 aromatic rings.